The van der Waals surface area contributed by atoms with Gasteiger partial charge in [-0.05, 0) is 43.4 Å². The Bertz CT molecular complexity index is 389. The average molecular weight is 234 g/mol. The summed E-state index contributed by atoms with van der Waals surface area (Å²) < 4.78 is 0. The van der Waals surface area contributed by atoms with E-state index in [9.17, 15) is 4.79 Å². The monoisotopic (exact) mass is 234 g/mol. The second-order valence-electron chi connectivity index (χ2n) is 4.40. The first-order valence-corrected chi connectivity index (χ1v) is 6.05. The number of hydrogen-bond acceptors (Lipinski definition) is 2. The number of aryl methyl sites for hydroxylation is 1. The Hall–Kier alpha value is -1.55. The topological polar surface area (TPSA) is 61.4 Å². The normalized spacial score (nSPS) is 14.4. The minimum Gasteiger partial charge on any atom is -0.396 e. The van der Waals surface area contributed by atoms with Gasteiger partial charge in [0.05, 0.1) is 0 Å². The molecule has 0 radical (unpaired) electrons. The first-order valence-electron chi connectivity index (χ1n) is 6.05. The molecular weight excluding hydrogens is 216 g/mol. The Balaban J connectivity index is 1.87. The highest BCUT2D eigenvalue weighted by atomic mass is 16.2. The van der Waals surface area contributed by atoms with Gasteiger partial charge in [0.2, 0.25) is 0 Å². The third-order valence-electron chi connectivity index (χ3n) is 2.72. The first-order chi connectivity index (χ1) is 8.28. The van der Waals surface area contributed by atoms with Crippen LogP contribution in [0.25, 0.3) is 0 Å². The molecule has 1 aliphatic carbocycles. The van der Waals surface area contributed by atoms with Gasteiger partial charge >= 0.3 is 6.03 Å². The zero-order valence-corrected chi connectivity index (χ0v) is 9.78. The summed E-state index contributed by atoms with van der Waals surface area (Å²) in [5, 5.41) is 14.5. The standard InChI is InChI=1S/C13H18N2O2/c16-8-2-4-10-3-1-5-12(9-10)15-13(17)14-11-6-7-11/h1,3,5,9,11,16H,2,4,6-8H2,(H2,14,15,17). The lowest BCUT2D eigenvalue weighted by molar-refractivity contribution is 0.251. The number of urea groups is 1. The Morgan fingerprint density at radius 2 is 2.24 bits per heavy atom. The van der Waals surface area contributed by atoms with Gasteiger partial charge in [-0.1, -0.05) is 12.1 Å². The highest BCUT2D eigenvalue weighted by Gasteiger charge is 2.23. The molecule has 0 saturated heterocycles. The first kappa shape index (κ1) is 11.9. The van der Waals surface area contributed by atoms with Crippen LogP contribution in [0.1, 0.15) is 24.8 Å². The van der Waals surface area contributed by atoms with Crippen molar-refractivity contribution in [1.82, 2.24) is 5.32 Å². The van der Waals surface area contributed by atoms with E-state index in [4.69, 9.17) is 5.11 Å². The Kier molecular flexibility index (Phi) is 3.98. The summed E-state index contributed by atoms with van der Waals surface area (Å²) in [6.45, 7) is 0.194. The highest BCUT2D eigenvalue weighted by Crippen LogP contribution is 2.19. The molecule has 0 atom stereocenters. The maximum absolute atomic E-state index is 11.5. The van der Waals surface area contributed by atoms with Crippen molar-refractivity contribution in [3.8, 4) is 0 Å². The molecule has 4 heteroatoms. The van der Waals surface area contributed by atoms with Gasteiger partial charge in [-0.15, -0.1) is 0 Å². The van der Waals surface area contributed by atoms with E-state index in [1.54, 1.807) is 0 Å². The zero-order chi connectivity index (χ0) is 12.1. The quantitative estimate of drug-likeness (QED) is 0.728. The van der Waals surface area contributed by atoms with Gasteiger partial charge in [-0.25, -0.2) is 4.79 Å². The van der Waals surface area contributed by atoms with Crippen LogP contribution in [0.4, 0.5) is 10.5 Å². The fourth-order valence-corrected chi connectivity index (χ4v) is 1.67. The van der Waals surface area contributed by atoms with Crippen molar-refractivity contribution in [3.05, 3.63) is 29.8 Å². The van der Waals surface area contributed by atoms with Gasteiger partial charge in [0.15, 0.2) is 0 Å². The average Bonchev–Trinajstić information content (AvgIpc) is 3.10. The largest absolute Gasteiger partial charge is 0.396 e. The minimum atomic E-state index is -0.133. The molecule has 0 unspecified atom stereocenters. The fraction of sp³-hybridized carbons (Fsp3) is 0.462. The van der Waals surface area contributed by atoms with Crippen molar-refractivity contribution in [2.75, 3.05) is 11.9 Å². The molecule has 1 aromatic carbocycles. The number of amides is 2. The van der Waals surface area contributed by atoms with Crippen LogP contribution in [-0.4, -0.2) is 23.8 Å². The van der Waals surface area contributed by atoms with E-state index in [0.29, 0.717) is 6.04 Å². The number of hydrogen-bond donors (Lipinski definition) is 3. The van der Waals surface area contributed by atoms with Crippen LogP contribution in [-0.2, 0) is 6.42 Å². The SMILES string of the molecule is O=C(Nc1cccc(CCCO)c1)NC1CC1. The lowest BCUT2D eigenvalue weighted by Gasteiger charge is -2.08. The molecule has 0 aromatic heterocycles. The number of nitrogens with one attached hydrogen (secondary N) is 2. The van der Waals surface area contributed by atoms with Crippen molar-refractivity contribution in [2.45, 2.75) is 31.7 Å². The van der Waals surface area contributed by atoms with Crippen LogP contribution < -0.4 is 10.6 Å². The second kappa shape index (κ2) is 5.68. The van der Waals surface area contributed by atoms with Crippen LogP contribution in [0.2, 0.25) is 0 Å². The molecule has 0 spiro atoms. The molecule has 1 saturated carbocycles. The Labute approximate surface area is 101 Å². The lowest BCUT2D eigenvalue weighted by atomic mass is 10.1. The predicted octanol–water partition coefficient (Wildman–Crippen LogP) is 1.90. The summed E-state index contributed by atoms with van der Waals surface area (Å²) in [7, 11) is 0. The van der Waals surface area contributed by atoms with Gasteiger partial charge in [-0.3, -0.25) is 0 Å². The fourth-order valence-electron chi connectivity index (χ4n) is 1.67. The van der Waals surface area contributed by atoms with Crippen LogP contribution in [0.3, 0.4) is 0 Å². The Morgan fingerprint density at radius 1 is 1.41 bits per heavy atom. The number of carbonyl (C=O) groups excluding carboxylic acids is 1. The van der Waals surface area contributed by atoms with E-state index in [-0.39, 0.29) is 12.6 Å². The number of aliphatic hydroxyl groups is 1. The van der Waals surface area contributed by atoms with Gasteiger partial charge in [0.1, 0.15) is 0 Å². The minimum absolute atomic E-state index is 0.133. The molecule has 1 aromatic rings. The summed E-state index contributed by atoms with van der Waals surface area (Å²) in [6, 6.07) is 7.97. The molecule has 0 heterocycles. The van der Waals surface area contributed by atoms with Gasteiger partial charge in [-0.2, -0.15) is 0 Å². The van der Waals surface area contributed by atoms with Gasteiger partial charge in [0.25, 0.3) is 0 Å². The van der Waals surface area contributed by atoms with E-state index in [0.717, 1.165) is 36.9 Å². The maximum atomic E-state index is 11.5. The van der Waals surface area contributed by atoms with E-state index in [1.165, 1.54) is 0 Å². The van der Waals surface area contributed by atoms with Gasteiger partial charge < -0.3 is 15.7 Å². The molecule has 4 nitrogen and oxygen atoms in total. The summed E-state index contributed by atoms with van der Waals surface area (Å²) in [6.07, 6.45) is 3.75. The molecule has 2 amide bonds. The molecular formula is C13H18N2O2. The zero-order valence-electron chi connectivity index (χ0n) is 9.78. The molecule has 0 bridgehead atoms. The molecule has 2 rings (SSSR count). The maximum Gasteiger partial charge on any atom is 0.319 e. The molecule has 3 N–H and O–H groups in total. The van der Waals surface area contributed by atoms with E-state index in [2.05, 4.69) is 10.6 Å². The van der Waals surface area contributed by atoms with Crippen LogP contribution >= 0.6 is 0 Å². The summed E-state index contributed by atoms with van der Waals surface area (Å²) >= 11 is 0. The lowest BCUT2D eigenvalue weighted by Crippen LogP contribution is -2.30. The number of benzene rings is 1. The van der Waals surface area contributed by atoms with E-state index < -0.39 is 0 Å². The van der Waals surface area contributed by atoms with Crippen LogP contribution in [0.15, 0.2) is 24.3 Å². The molecule has 92 valence electrons. The number of anilines is 1. The predicted molar refractivity (Wildman–Crippen MR) is 67.0 cm³/mol. The van der Waals surface area contributed by atoms with E-state index in [1.807, 2.05) is 24.3 Å². The molecule has 1 aliphatic rings. The summed E-state index contributed by atoms with van der Waals surface area (Å²) in [4.78, 5) is 11.5. The van der Waals surface area contributed by atoms with Crippen LogP contribution in [0.5, 0.6) is 0 Å². The number of aliphatic hydroxyl groups excluding tert-OH is 1. The number of carbonyl (C=O) groups is 1. The van der Waals surface area contributed by atoms with Crippen molar-refractivity contribution >= 4 is 11.7 Å². The van der Waals surface area contributed by atoms with Crippen LogP contribution in [0, 0.1) is 0 Å². The van der Waals surface area contributed by atoms with Crippen molar-refractivity contribution in [3.63, 3.8) is 0 Å². The smallest absolute Gasteiger partial charge is 0.319 e. The third kappa shape index (κ3) is 4.07. The highest BCUT2D eigenvalue weighted by molar-refractivity contribution is 5.89. The molecule has 1 fully saturated rings. The molecule has 0 aliphatic heterocycles. The second-order valence-corrected chi connectivity index (χ2v) is 4.40. The van der Waals surface area contributed by atoms with E-state index >= 15 is 0 Å². The Morgan fingerprint density at radius 3 is 2.94 bits per heavy atom. The third-order valence-corrected chi connectivity index (χ3v) is 2.72. The van der Waals surface area contributed by atoms with Crippen molar-refractivity contribution in [1.29, 1.82) is 0 Å². The van der Waals surface area contributed by atoms with Crippen molar-refractivity contribution in [2.24, 2.45) is 0 Å². The van der Waals surface area contributed by atoms with Crippen molar-refractivity contribution < 1.29 is 9.90 Å². The summed E-state index contributed by atoms with van der Waals surface area (Å²) in [5.41, 5.74) is 1.93. The summed E-state index contributed by atoms with van der Waals surface area (Å²) in [5.74, 6) is 0. The molecule has 17 heavy (non-hydrogen) atoms. The van der Waals surface area contributed by atoms with Gasteiger partial charge in [0, 0.05) is 18.3 Å². The number of rotatable bonds is 5.